The van der Waals surface area contributed by atoms with Crippen LogP contribution >= 0.6 is 0 Å². The van der Waals surface area contributed by atoms with Crippen molar-refractivity contribution in [1.82, 2.24) is 0 Å². The Morgan fingerprint density at radius 2 is 0.915 bits per heavy atom. The van der Waals surface area contributed by atoms with Gasteiger partial charge in [0.15, 0.2) is 0 Å². The predicted molar refractivity (Wildman–Crippen MR) is 196 cm³/mol. The molecule has 0 bridgehead atoms. The van der Waals surface area contributed by atoms with E-state index in [2.05, 4.69) is 144 Å². The maximum absolute atomic E-state index is 6.37. The van der Waals surface area contributed by atoms with Crippen LogP contribution < -0.4 is 4.90 Å². The second kappa shape index (κ2) is 10.1. The van der Waals surface area contributed by atoms with Crippen molar-refractivity contribution in [2.24, 2.45) is 0 Å². The Balaban J connectivity index is 1.21. The standard InChI is InChI=1S/C44H27NO2/c1-2-9-28(10-3-1)29-17-20-31(21-18-29)45(32-22-24-37-35-11-4-6-15-41(35)47-44(37)26-32)40-14-8-13-33-34(40)23-19-30-25-43-39(27-38(30)33)36-12-5-7-16-42(36)46-43/h1-27H. The maximum atomic E-state index is 6.37. The number of fused-ring (bicyclic) bond motifs is 9. The van der Waals surface area contributed by atoms with Gasteiger partial charge in [-0.1, -0.05) is 103 Å². The van der Waals surface area contributed by atoms with E-state index < -0.39 is 0 Å². The molecule has 0 aliphatic heterocycles. The predicted octanol–water partition coefficient (Wildman–Crippen LogP) is 12.9. The minimum absolute atomic E-state index is 0.870. The van der Waals surface area contributed by atoms with Crippen LogP contribution in [0.5, 0.6) is 0 Å². The number of para-hydroxylation sites is 2. The Morgan fingerprint density at radius 3 is 1.70 bits per heavy atom. The quantitative estimate of drug-likeness (QED) is 0.188. The minimum Gasteiger partial charge on any atom is -0.456 e. The Hall–Kier alpha value is -6.32. The molecular weight excluding hydrogens is 574 g/mol. The zero-order valence-electron chi connectivity index (χ0n) is 25.4. The topological polar surface area (TPSA) is 29.5 Å². The van der Waals surface area contributed by atoms with Crippen LogP contribution in [0.2, 0.25) is 0 Å². The van der Waals surface area contributed by atoms with E-state index in [-0.39, 0.29) is 0 Å². The van der Waals surface area contributed by atoms with E-state index in [9.17, 15) is 0 Å². The highest BCUT2D eigenvalue weighted by atomic mass is 16.3. The third-order valence-electron chi connectivity index (χ3n) is 9.45. The summed E-state index contributed by atoms with van der Waals surface area (Å²) in [6.07, 6.45) is 0. The van der Waals surface area contributed by atoms with Gasteiger partial charge in [-0.15, -0.1) is 0 Å². The first kappa shape index (κ1) is 26.0. The normalized spacial score (nSPS) is 11.8. The van der Waals surface area contributed by atoms with E-state index in [1.165, 1.54) is 27.3 Å². The van der Waals surface area contributed by atoms with Gasteiger partial charge in [0.05, 0.1) is 5.69 Å². The molecule has 220 valence electrons. The van der Waals surface area contributed by atoms with Gasteiger partial charge in [0.25, 0.3) is 0 Å². The zero-order chi connectivity index (χ0) is 30.9. The van der Waals surface area contributed by atoms with E-state index in [0.29, 0.717) is 0 Å². The third-order valence-corrected chi connectivity index (χ3v) is 9.45. The molecular formula is C44H27NO2. The van der Waals surface area contributed by atoms with Crippen LogP contribution in [0.4, 0.5) is 17.1 Å². The van der Waals surface area contributed by atoms with Crippen LogP contribution in [0.3, 0.4) is 0 Å². The third kappa shape index (κ3) is 4.07. The lowest BCUT2D eigenvalue weighted by Crippen LogP contribution is -2.10. The molecule has 47 heavy (non-hydrogen) atoms. The summed E-state index contributed by atoms with van der Waals surface area (Å²) in [5.41, 5.74) is 9.18. The van der Waals surface area contributed by atoms with E-state index in [1.807, 2.05) is 24.3 Å². The number of nitrogens with zero attached hydrogens (tertiary/aromatic N) is 1. The molecule has 0 aliphatic carbocycles. The van der Waals surface area contributed by atoms with Crippen molar-refractivity contribution in [2.75, 3.05) is 4.90 Å². The second-order valence-corrected chi connectivity index (χ2v) is 12.1. The van der Waals surface area contributed by atoms with Crippen LogP contribution in [-0.4, -0.2) is 0 Å². The van der Waals surface area contributed by atoms with Crippen molar-refractivity contribution in [3.8, 4) is 11.1 Å². The Labute approximate surface area is 270 Å². The molecule has 0 spiro atoms. The highest BCUT2D eigenvalue weighted by Crippen LogP contribution is 2.44. The van der Waals surface area contributed by atoms with Crippen molar-refractivity contribution in [3.05, 3.63) is 164 Å². The monoisotopic (exact) mass is 601 g/mol. The molecule has 8 aromatic carbocycles. The zero-order valence-corrected chi connectivity index (χ0v) is 25.4. The van der Waals surface area contributed by atoms with Gasteiger partial charge in [0.2, 0.25) is 0 Å². The molecule has 3 heteroatoms. The molecule has 0 N–H and O–H groups in total. The number of benzene rings is 8. The van der Waals surface area contributed by atoms with Gasteiger partial charge in [-0.3, -0.25) is 0 Å². The molecule has 0 saturated carbocycles. The first-order chi connectivity index (χ1) is 23.3. The molecule has 0 fully saturated rings. The van der Waals surface area contributed by atoms with E-state index in [1.54, 1.807) is 0 Å². The van der Waals surface area contributed by atoms with Gasteiger partial charge in [0, 0.05) is 44.4 Å². The minimum atomic E-state index is 0.870. The van der Waals surface area contributed by atoms with Crippen LogP contribution in [-0.2, 0) is 0 Å². The second-order valence-electron chi connectivity index (χ2n) is 12.1. The molecule has 2 heterocycles. The molecule has 2 aromatic heterocycles. The molecule has 0 saturated heterocycles. The van der Waals surface area contributed by atoms with E-state index in [4.69, 9.17) is 8.83 Å². The fourth-order valence-corrected chi connectivity index (χ4v) is 7.20. The van der Waals surface area contributed by atoms with Crippen LogP contribution in [0.25, 0.3) is 76.5 Å². The Morgan fingerprint density at radius 1 is 0.319 bits per heavy atom. The summed E-state index contributed by atoms with van der Waals surface area (Å²) >= 11 is 0. The van der Waals surface area contributed by atoms with Gasteiger partial charge in [-0.25, -0.2) is 0 Å². The number of hydrogen-bond donors (Lipinski definition) is 0. The summed E-state index contributed by atoms with van der Waals surface area (Å²) < 4.78 is 12.6. The van der Waals surface area contributed by atoms with Gasteiger partial charge >= 0.3 is 0 Å². The maximum Gasteiger partial charge on any atom is 0.137 e. The van der Waals surface area contributed by atoms with Crippen molar-refractivity contribution in [2.45, 2.75) is 0 Å². The fraction of sp³-hybridized carbons (Fsp3) is 0. The van der Waals surface area contributed by atoms with Crippen molar-refractivity contribution in [3.63, 3.8) is 0 Å². The number of rotatable bonds is 4. The number of anilines is 3. The van der Waals surface area contributed by atoms with Crippen LogP contribution in [0.1, 0.15) is 0 Å². The lowest BCUT2D eigenvalue weighted by molar-refractivity contribution is 0.669. The van der Waals surface area contributed by atoms with Crippen molar-refractivity contribution in [1.29, 1.82) is 0 Å². The largest absolute Gasteiger partial charge is 0.456 e. The van der Waals surface area contributed by atoms with E-state index >= 15 is 0 Å². The summed E-state index contributed by atoms with van der Waals surface area (Å²) in [4.78, 5) is 2.35. The molecule has 0 amide bonds. The highest BCUT2D eigenvalue weighted by molar-refractivity contribution is 6.18. The smallest absolute Gasteiger partial charge is 0.137 e. The summed E-state index contributed by atoms with van der Waals surface area (Å²) in [5.74, 6) is 0. The Bertz CT molecular complexity index is 2790. The summed E-state index contributed by atoms with van der Waals surface area (Å²) in [6.45, 7) is 0. The molecule has 10 aromatic rings. The summed E-state index contributed by atoms with van der Waals surface area (Å²) in [6, 6.07) is 58.0. The van der Waals surface area contributed by atoms with Gasteiger partial charge in [-0.05, 0) is 81.9 Å². The molecule has 0 atom stereocenters. The van der Waals surface area contributed by atoms with E-state index in [0.717, 1.165) is 66.3 Å². The first-order valence-corrected chi connectivity index (χ1v) is 15.9. The van der Waals surface area contributed by atoms with Crippen LogP contribution in [0.15, 0.2) is 173 Å². The van der Waals surface area contributed by atoms with Crippen LogP contribution in [0, 0.1) is 0 Å². The SMILES string of the molecule is c1ccc(-c2ccc(N(c3ccc4c(c3)oc3ccccc34)c3cccc4c3ccc3cc5oc6ccccc6c5cc34)cc2)cc1. The molecule has 0 radical (unpaired) electrons. The molecule has 10 rings (SSSR count). The number of hydrogen-bond acceptors (Lipinski definition) is 3. The average Bonchev–Trinajstić information content (AvgIpc) is 3.69. The summed E-state index contributed by atoms with van der Waals surface area (Å²) in [5, 5.41) is 9.24. The highest BCUT2D eigenvalue weighted by Gasteiger charge is 2.19. The van der Waals surface area contributed by atoms with Gasteiger partial charge in [0.1, 0.15) is 22.3 Å². The first-order valence-electron chi connectivity index (χ1n) is 15.9. The molecule has 0 aliphatic rings. The lowest BCUT2D eigenvalue weighted by atomic mass is 9.98. The number of furan rings is 2. The molecule has 3 nitrogen and oxygen atoms in total. The summed E-state index contributed by atoms with van der Waals surface area (Å²) in [7, 11) is 0. The van der Waals surface area contributed by atoms with Gasteiger partial charge < -0.3 is 13.7 Å². The Kier molecular flexibility index (Phi) is 5.57. The fourth-order valence-electron chi connectivity index (χ4n) is 7.20. The average molecular weight is 602 g/mol. The van der Waals surface area contributed by atoms with Crippen molar-refractivity contribution < 1.29 is 8.83 Å². The van der Waals surface area contributed by atoms with Crippen molar-refractivity contribution >= 4 is 82.5 Å². The lowest BCUT2D eigenvalue weighted by Gasteiger charge is -2.27. The van der Waals surface area contributed by atoms with Gasteiger partial charge in [-0.2, -0.15) is 0 Å². The molecule has 0 unspecified atom stereocenters.